The van der Waals surface area contributed by atoms with Crippen LogP contribution in [0, 0.1) is 0 Å². The van der Waals surface area contributed by atoms with Gasteiger partial charge in [0.25, 0.3) is 11.8 Å². The van der Waals surface area contributed by atoms with Gasteiger partial charge in [0.05, 0.1) is 0 Å². The molecule has 2 N–H and O–H groups in total. The van der Waals surface area contributed by atoms with E-state index in [-0.39, 0.29) is 18.4 Å². The summed E-state index contributed by atoms with van der Waals surface area (Å²) < 4.78 is 5.56. The molecule has 0 aliphatic rings. The van der Waals surface area contributed by atoms with Crippen LogP contribution in [0.15, 0.2) is 78.9 Å². The fraction of sp³-hybridized carbons (Fsp3) is 0.130. The van der Waals surface area contributed by atoms with Crippen LogP contribution in [0.1, 0.15) is 17.3 Å². The summed E-state index contributed by atoms with van der Waals surface area (Å²) in [5.74, 6) is 0.152. The number of hydrogen-bond donors (Lipinski definition) is 2. The normalized spacial score (nSPS) is 10.2. The van der Waals surface area contributed by atoms with Crippen molar-refractivity contribution in [1.29, 1.82) is 0 Å². The quantitative estimate of drug-likeness (QED) is 0.654. The minimum absolute atomic E-state index is 0.115. The third-order valence-corrected chi connectivity index (χ3v) is 4.08. The Labute approximate surface area is 164 Å². The Hall–Kier alpha value is -3.60. The lowest BCUT2D eigenvalue weighted by Crippen LogP contribution is -2.23. The first kappa shape index (κ1) is 19.2. The molecule has 0 aromatic heterocycles. The predicted molar refractivity (Wildman–Crippen MR) is 110 cm³/mol. The van der Waals surface area contributed by atoms with Crippen molar-refractivity contribution in [1.82, 2.24) is 5.32 Å². The Morgan fingerprint density at radius 2 is 1.57 bits per heavy atom. The molecule has 0 fully saturated rings. The molecule has 2 amide bonds. The molecule has 0 atom stereocenters. The van der Waals surface area contributed by atoms with Crippen LogP contribution in [0.5, 0.6) is 5.75 Å². The minimum Gasteiger partial charge on any atom is -0.484 e. The van der Waals surface area contributed by atoms with Crippen LogP contribution in [0.4, 0.5) is 5.69 Å². The Morgan fingerprint density at radius 3 is 2.29 bits per heavy atom. The fourth-order valence-electron chi connectivity index (χ4n) is 2.72. The van der Waals surface area contributed by atoms with Gasteiger partial charge in [0.1, 0.15) is 5.75 Å². The van der Waals surface area contributed by atoms with Gasteiger partial charge in [-0.05, 0) is 48.4 Å². The van der Waals surface area contributed by atoms with Crippen LogP contribution in [-0.2, 0) is 4.79 Å². The third kappa shape index (κ3) is 5.20. The van der Waals surface area contributed by atoms with Gasteiger partial charge < -0.3 is 15.4 Å². The number of nitrogens with one attached hydrogen (secondary N) is 2. The van der Waals surface area contributed by atoms with Crippen molar-refractivity contribution in [3.05, 3.63) is 84.4 Å². The minimum atomic E-state index is -0.291. The number of rotatable bonds is 7. The molecule has 0 radical (unpaired) electrons. The molecule has 5 heteroatoms. The molecule has 0 saturated heterocycles. The Morgan fingerprint density at radius 1 is 0.857 bits per heavy atom. The van der Waals surface area contributed by atoms with Crippen molar-refractivity contribution in [2.75, 3.05) is 18.5 Å². The van der Waals surface area contributed by atoms with E-state index >= 15 is 0 Å². The summed E-state index contributed by atoms with van der Waals surface area (Å²) >= 11 is 0. The molecule has 0 aliphatic carbocycles. The van der Waals surface area contributed by atoms with Gasteiger partial charge in [-0.15, -0.1) is 0 Å². The standard InChI is InChI=1S/C23H22N2O3/c1-2-24-23(27)19-9-6-10-20(15-19)25-22(26)16-28-21-13-11-18(12-14-21)17-7-4-3-5-8-17/h3-15H,2,16H2,1H3,(H,24,27)(H,25,26). The predicted octanol–water partition coefficient (Wildman–Crippen LogP) is 4.12. The summed E-state index contributed by atoms with van der Waals surface area (Å²) in [7, 11) is 0. The molecule has 3 rings (SSSR count). The highest BCUT2D eigenvalue weighted by molar-refractivity contribution is 5.97. The number of anilines is 1. The first-order chi connectivity index (χ1) is 13.7. The average Bonchev–Trinajstić information content (AvgIpc) is 2.74. The Balaban J connectivity index is 1.54. The lowest BCUT2D eigenvalue weighted by atomic mass is 10.1. The molecule has 0 saturated carbocycles. The molecule has 0 heterocycles. The van der Waals surface area contributed by atoms with Crippen molar-refractivity contribution in [3.63, 3.8) is 0 Å². The number of benzene rings is 3. The van der Waals surface area contributed by atoms with E-state index in [9.17, 15) is 9.59 Å². The van der Waals surface area contributed by atoms with Gasteiger partial charge in [0.2, 0.25) is 0 Å². The highest BCUT2D eigenvalue weighted by atomic mass is 16.5. The second-order valence-corrected chi connectivity index (χ2v) is 6.17. The van der Waals surface area contributed by atoms with Crippen LogP contribution in [0.25, 0.3) is 11.1 Å². The monoisotopic (exact) mass is 374 g/mol. The van der Waals surface area contributed by atoms with Crippen molar-refractivity contribution in [3.8, 4) is 16.9 Å². The summed E-state index contributed by atoms with van der Waals surface area (Å²) in [6.45, 7) is 2.29. The number of carbonyl (C=O) groups excluding carboxylic acids is 2. The first-order valence-corrected chi connectivity index (χ1v) is 9.12. The van der Waals surface area contributed by atoms with Crippen molar-refractivity contribution < 1.29 is 14.3 Å². The maximum Gasteiger partial charge on any atom is 0.262 e. The summed E-state index contributed by atoms with van der Waals surface area (Å²) in [5, 5.41) is 5.47. The molecular formula is C23H22N2O3. The SMILES string of the molecule is CCNC(=O)c1cccc(NC(=O)COc2ccc(-c3ccccc3)cc2)c1. The summed E-state index contributed by atoms with van der Waals surface area (Å²) in [5.41, 5.74) is 3.26. The zero-order valence-electron chi connectivity index (χ0n) is 15.6. The molecule has 28 heavy (non-hydrogen) atoms. The van der Waals surface area contributed by atoms with Crippen molar-refractivity contribution in [2.45, 2.75) is 6.92 Å². The van der Waals surface area contributed by atoms with Crippen LogP contribution in [-0.4, -0.2) is 25.0 Å². The number of amides is 2. The maximum atomic E-state index is 12.1. The molecule has 0 spiro atoms. The van der Waals surface area contributed by atoms with Gasteiger partial charge in [0, 0.05) is 17.8 Å². The zero-order valence-corrected chi connectivity index (χ0v) is 15.6. The van der Waals surface area contributed by atoms with Gasteiger partial charge in [-0.25, -0.2) is 0 Å². The molecule has 3 aromatic carbocycles. The van der Waals surface area contributed by atoms with Crippen molar-refractivity contribution >= 4 is 17.5 Å². The third-order valence-electron chi connectivity index (χ3n) is 4.08. The van der Waals surface area contributed by atoms with E-state index in [4.69, 9.17) is 4.74 Å². The summed E-state index contributed by atoms with van der Waals surface area (Å²) in [6, 6.07) is 24.4. The molecule has 0 unspecified atom stereocenters. The number of ether oxygens (including phenoxy) is 1. The van der Waals surface area contributed by atoms with Gasteiger partial charge in [0.15, 0.2) is 6.61 Å². The van der Waals surface area contributed by atoms with Gasteiger partial charge in [-0.1, -0.05) is 48.5 Å². The van der Waals surface area contributed by atoms with Crippen molar-refractivity contribution in [2.24, 2.45) is 0 Å². The highest BCUT2D eigenvalue weighted by Crippen LogP contribution is 2.22. The van der Waals surface area contributed by atoms with Crippen LogP contribution in [0.3, 0.4) is 0 Å². The van der Waals surface area contributed by atoms with Crippen LogP contribution in [0.2, 0.25) is 0 Å². The molecule has 0 bridgehead atoms. The van der Waals surface area contributed by atoms with Gasteiger partial charge in [-0.3, -0.25) is 9.59 Å². The molecule has 5 nitrogen and oxygen atoms in total. The fourth-order valence-corrected chi connectivity index (χ4v) is 2.72. The van der Waals surface area contributed by atoms with E-state index in [1.807, 2.05) is 61.5 Å². The maximum absolute atomic E-state index is 12.1. The number of carbonyl (C=O) groups is 2. The summed E-state index contributed by atoms with van der Waals surface area (Å²) in [6.07, 6.45) is 0. The topological polar surface area (TPSA) is 67.4 Å². The molecule has 0 aliphatic heterocycles. The second kappa shape index (κ2) is 9.37. The first-order valence-electron chi connectivity index (χ1n) is 9.12. The smallest absolute Gasteiger partial charge is 0.262 e. The highest BCUT2D eigenvalue weighted by Gasteiger charge is 2.08. The van der Waals surface area contributed by atoms with E-state index in [1.165, 1.54) is 0 Å². The lowest BCUT2D eigenvalue weighted by molar-refractivity contribution is -0.118. The van der Waals surface area contributed by atoms with Gasteiger partial charge in [-0.2, -0.15) is 0 Å². The van der Waals surface area contributed by atoms with E-state index in [0.717, 1.165) is 11.1 Å². The molecular weight excluding hydrogens is 352 g/mol. The van der Waals surface area contributed by atoms with E-state index in [0.29, 0.717) is 23.5 Å². The van der Waals surface area contributed by atoms with Crippen LogP contribution >= 0.6 is 0 Å². The Bertz CT molecular complexity index is 938. The zero-order chi connectivity index (χ0) is 19.8. The van der Waals surface area contributed by atoms with Crippen LogP contribution < -0.4 is 15.4 Å². The Kier molecular flexibility index (Phi) is 6.41. The van der Waals surface area contributed by atoms with Gasteiger partial charge >= 0.3 is 0 Å². The lowest BCUT2D eigenvalue weighted by Gasteiger charge is -2.09. The summed E-state index contributed by atoms with van der Waals surface area (Å²) in [4.78, 5) is 24.0. The largest absolute Gasteiger partial charge is 0.484 e. The second-order valence-electron chi connectivity index (χ2n) is 6.17. The van der Waals surface area contributed by atoms with E-state index in [1.54, 1.807) is 24.3 Å². The van der Waals surface area contributed by atoms with E-state index in [2.05, 4.69) is 10.6 Å². The van der Waals surface area contributed by atoms with E-state index < -0.39 is 0 Å². The molecule has 3 aromatic rings. The molecule has 142 valence electrons. The number of hydrogen-bond acceptors (Lipinski definition) is 3. The average molecular weight is 374 g/mol.